The number of nitrogens with zero attached hydrogens (tertiary/aromatic N) is 6. The summed E-state index contributed by atoms with van der Waals surface area (Å²) in [6.07, 6.45) is 3.25. The Balaban J connectivity index is 1.50. The Bertz CT molecular complexity index is 970. The van der Waals surface area contributed by atoms with Gasteiger partial charge >= 0.3 is 0 Å². The zero-order chi connectivity index (χ0) is 19.0. The Kier molecular flexibility index (Phi) is 4.92. The lowest BCUT2D eigenvalue weighted by molar-refractivity contribution is -0.120. The van der Waals surface area contributed by atoms with E-state index in [1.54, 1.807) is 6.33 Å². The first-order chi connectivity index (χ1) is 13.0. The smallest absolute Gasteiger partial charge is 0.231 e. The van der Waals surface area contributed by atoms with Crippen molar-refractivity contribution >= 4 is 51.0 Å². The molecule has 4 rings (SSSR count). The summed E-state index contributed by atoms with van der Waals surface area (Å²) in [4.78, 5) is 30.5. The molecular weight excluding hydrogens is 388 g/mol. The van der Waals surface area contributed by atoms with Crippen molar-refractivity contribution < 1.29 is 4.79 Å². The molecule has 2 N–H and O–H groups in total. The van der Waals surface area contributed by atoms with E-state index in [4.69, 9.17) is 11.6 Å². The van der Waals surface area contributed by atoms with Crippen LogP contribution in [0.1, 0.15) is 37.6 Å². The molecule has 0 spiro atoms. The molecule has 0 radical (unpaired) electrons. The van der Waals surface area contributed by atoms with E-state index in [1.807, 2.05) is 13.8 Å². The van der Waals surface area contributed by atoms with Crippen molar-refractivity contribution in [1.82, 2.24) is 30.1 Å². The van der Waals surface area contributed by atoms with E-state index >= 15 is 0 Å². The SMILES string of the molecule is CC(C)c1nnc(NC(=O)[C@H]2CCCN(c3nc(Cl)nc4nc[nH]c34)C2)s1. The third-order valence-electron chi connectivity index (χ3n) is 4.50. The lowest BCUT2D eigenvalue weighted by Crippen LogP contribution is -2.41. The van der Waals surface area contributed by atoms with E-state index in [0.29, 0.717) is 23.1 Å². The molecule has 0 aromatic carbocycles. The highest BCUT2D eigenvalue weighted by Gasteiger charge is 2.29. The van der Waals surface area contributed by atoms with Gasteiger partial charge in [0.25, 0.3) is 0 Å². The minimum Gasteiger partial charge on any atom is -0.354 e. The summed E-state index contributed by atoms with van der Waals surface area (Å²) in [6, 6.07) is 0. The second-order valence-electron chi connectivity index (χ2n) is 6.79. The Morgan fingerprint density at radius 1 is 1.41 bits per heavy atom. The number of aromatic amines is 1. The lowest BCUT2D eigenvalue weighted by Gasteiger charge is -2.32. The number of imidazole rings is 1. The molecule has 3 aromatic rings. The molecule has 3 aromatic heterocycles. The van der Waals surface area contributed by atoms with Crippen LogP contribution < -0.4 is 10.2 Å². The van der Waals surface area contributed by atoms with E-state index in [0.717, 1.165) is 29.9 Å². The van der Waals surface area contributed by atoms with Crippen LogP contribution in [0.4, 0.5) is 10.9 Å². The molecular formula is C16H19ClN8OS. The van der Waals surface area contributed by atoms with Crippen LogP contribution in [0.3, 0.4) is 0 Å². The average molecular weight is 407 g/mol. The zero-order valence-corrected chi connectivity index (χ0v) is 16.5. The Labute approximate surface area is 164 Å². The predicted octanol–water partition coefficient (Wildman–Crippen LogP) is 2.84. The maximum atomic E-state index is 12.7. The van der Waals surface area contributed by atoms with Gasteiger partial charge in [0.05, 0.1) is 12.2 Å². The van der Waals surface area contributed by atoms with Crippen LogP contribution >= 0.6 is 22.9 Å². The number of fused-ring (bicyclic) bond motifs is 1. The van der Waals surface area contributed by atoms with Crippen molar-refractivity contribution in [3.05, 3.63) is 16.6 Å². The van der Waals surface area contributed by atoms with Crippen LogP contribution in [-0.2, 0) is 4.79 Å². The summed E-state index contributed by atoms with van der Waals surface area (Å²) < 4.78 is 0. The van der Waals surface area contributed by atoms with E-state index in [1.165, 1.54) is 11.3 Å². The number of rotatable bonds is 4. The standard InChI is InChI=1S/C16H19ClN8OS/c1-8(2)14-23-24-16(27-14)22-13(26)9-4-3-5-25(6-9)12-10-11(19-7-18-10)20-15(17)21-12/h7-9H,3-6H2,1-2H3,(H,22,24,26)(H,18,19,20,21)/t9-/m0/s1. The minimum atomic E-state index is -0.170. The molecule has 1 aliphatic rings. The number of aromatic nitrogens is 6. The monoisotopic (exact) mass is 406 g/mol. The van der Waals surface area contributed by atoms with E-state index in [-0.39, 0.29) is 23.0 Å². The molecule has 0 unspecified atom stereocenters. The fourth-order valence-corrected chi connectivity index (χ4v) is 4.04. The third kappa shape index (κ3) is 3.72. The molecule has 1 saturated heterocycles. The maximum absolute atomic E-state index is 12.7. The molecule has 11 heteroatoms. The number of amides is 1. The summed E-state index contributed by atoms with van der Waals surface area (Å²) in [5.74, 6) is 0.750. The summed E-state index contributed by atoms with van der Waals surface area (Å²) in [5, 5.41) is 12.7. The molecule has 1 aliphatic heterocycles. The van der Waals surface area contributed by atoms with Gasteiger partial charge in [-0.05, 0) is 24.4 Å². The number of nitrogens with one attached hydrogen (secondary N) is 2. The minimum absolute atomic E-state index is 0.0489. The Morgan fingerprint density at radius 2 is 2.26 bits per heavy atom. The molecule has 1 atom stereocenters. The van der Waals surface area contributed by atoms with Crippen molar-refractivity contribution in [1.29, 1.82) is 0 Å². The maximum Gasteiger partial charge on any atom is 0.231 e. The number of anilines is 2. The highest BCUT2D eigenvalue weighted by Crippen LogP contribution is 2.29. The zero-order valence-electron chi connectivity index (χ0n) is 14.9. The number of piperidine rings is 1. The first-order valence-corrected chi connectivity index (χ1v) is 9.96. The molecule has 0 bridgehead atoms. The van der Waals surface area contributed by atoms with Gasteiger partial charge in [-0.25, -0.2) is 4.98 Å². The summed E-state index contributed by atoms with van der Waals surface area (Å²) in [6.45, 7) is 5.44. The van der Waals surface area contributed by atoms with Gasteiger partial charge < -0.3 is 15.2 Å². The molecule has 1 fully saturated rings. The summed E-state index contributed by atoms with van der Waals surface area (Å²) >= 11 is 7.45. The van der Waals surface area contributed by atoms with Crippen LogP contribution in [-0.4, -0.2) is 49.1 Å². The van der Waals surface area contributed by atoms with Crippen molar-refractivity contribution in [2.24, 2.45) is 5.92 Å². The van der Waals surface area contributed by atoms with E-state index in [9.17, 15) is 4.79 Å². The molecule has 9 nitrogen and oxygen atoms in total. The van der Waals surface area contributed by atoms with E-state index in [2.05, 4.69) is 40.3 Å². The van der Waals surface area contributed by atoms with Crippen LogP contribution in [0.25, 0.3) is 11.2 Å². The number of halogens is 1. The number of carbonyl (C=O) groups excluding carboxylic acids is 1. The number of hydrogen-bond acceptors (Lipinski definition) is 8. The largest absolute Gasteiger partial charge is 0.354 e. The van der Waals surface area contributed by atoms with Crippen molar-refractivity contribution in [2.45, 2.75) is 32.6 Å². The Morgan fingerprint density at radius 3 is 3.04 bits per heavy atom. The fourth-order valence-electron chi connectivity index (χ4n) is 3.13. The quantitative estimate of drug-likeness (QED) is 0.640. The summed E-state index contributed by atoms with van der Waals surface area (Å²) in [5.41, 5.74) is 1.25. The molecule has 27 heavy (non-hydrogen) atoms. The van der Waals surface area contributed by atoms with Gasteiger partial charge in [-0.1, -0.05) is 25.2 Å². The van der Waals surface area contributed by atoms with E-state index < -0.39 is 0 Å². The highest BCUT2D eigenvalue weighted by atomic mass is 35.5. The topological polar surface area (TPSA) is 113 Å². The van der Waals surface area contributed by atoms with Crippen LogP contribution in [0, 0.1) is 5.92 Å². The van der Waals surface area contributed by atoms with Gasteiger partial charge in [0, 0.05) is 19.0 Å². The second-order valence-corrected chi connectivity index (χ2v) is 8.14. The van der Waals surface area contributed by atoms with Crippen LogP contribution in [0.2, 0.25) is 5.28 Å². The molecule has 4 heterocycles. The molecule has 0 aliphatic carbocycles. The molecule has 0 saturated carbocycles. The van der Waals surface area contributed by atoms with Crippen LogP contribution in [0.15, 0.2) is 6.33 Å². The van der Waals surface area contributed by atoms with Gasteiger partial charge in [-0.15, -0.1) is 10.2 Å². The molecule has 142 valence electrons. The Hall–Kier alpha value is -2.33. The van der Waals surface area contributed by atoms with Gasteiger partial charge in [-0.2, -0.15) is 9.97 Å². The normalized spacial score (nSPS) is 17.6. The predicted molar refractivity (Wildman–Crippen MR) is 104 cm³/mol. The highest BCUT2D eigenvalue weighted by molar-refractivity contribution is 7.15. The third-order valence-corrected chi connectivity index (χ3v) is 5.80. The second kappa shape index (κ2) is 7.35. The average Bonchev–Trinajstić information content (AvgIpc) is 3.30. The molecule has 1 amide bonds. The lowest BCUT2D eigenvalue weighted by atomic mass is 9.97. The first kappa shape index (κ1) is 18.1. The summed E-state index contributed by atoms with van der Waals surface area (Å²) in [7, 11) is 0. The van der Waals surface area contributed by atoms with Gasteiger partial charge in [0.2, 0.25) is 16.3 Å². The van der Waals surface area contributed by atoms with Crippen molar-refractivity contribution in [2.75, 3.05) is 23.3 Å². The van der Waals surface area contributed by atoms with Gasteiger partial charge in [0.1, 0.15) is 10.5 Å². The van der Waals surface area contributed by atoms with Crippen LogP contribution in [0.5, 0.6) is 0 Å². The van der Waals surface area contributed by atoms with Crippen molar-refractivity contribution in [3.8, 4) is 0 Å². The number of H-pyrrole nitrogens is 1. The van der Waals surface area contributed by atoms with Gasteiger partial charge in [0.15, 0.2) is 11.5 Å². The first-order valence-electron chi connectivity index (χ1n) is 8.77. The fraction of sp³-hybridized carbons (Fsp3) is 0.500. The number of hydrogen-bond donors (Lipinski definition) is 2. The van der Waals surface area contributed by atoms with Crippen molar-refractivity contribution in [3.63, 3.8) is 0 Å². The number of carbonyl (C=O) groups is 1. The van der Waals surface area contributed by atoms with Gasteiger partial charge in [-0.3, -0.25) is 4.79 Å².